The van der Waals surface area contributed by atoms with Crippen molar-refractivity contribution in [3.8, 4) is 0 Å². The summed E-state index contributed by atoms with van der Waals surface area (Å²) in [5, 5.41) is 11.8. The van der Waals surface area contributed by atoms with Gasteiger partial charge in [-0.25, -0.2) is 0 Å². The number of nitrogens with one attached hydrogen (secondary N) is 2. The van der Waals surface area contributed by atoms with Crippen molar-refractivity contribution in [1.82, 2.24) is 10.3 Å². The third-order valence-electron chi connectivity index (χ3n) is 3.46. The Hall–Kier alpha value is -1.34. The van der Waals surface area contributed by atoms with E-state index >= 15 is 0 Å². The van der Waals surface area contributed by atoms with E-state index in [1.165, 1.54) is 0 Å². The van der Waals surface area contributed by atoms with E-state index in [0.717, 1.165) is 6.42 Å². The number of aryl methyl sites for hydroxylation is 1. The Kier molecular flexibility index (Phi) is 4.49. The van der Waals surface area contributed by atoms with Crippen LogP contribution in [0.25, 0.3) is 0 Å². The Morgan fingerprint density at radius 3 is 2.85 bits per heavy atom. The molecule has 1 atom stereocenters. The lowest BCUT2D eigenvalue weighted by atomic mass is 9.87. The molecule has 1 aromatic heterocycles. The molecule has 2 rings (SSSR count). The lowest BCUT2D eigenvalue weighted by molar-refractivity contribution is -0.138. The first-order chi connectivity index (χ1) is 9.43. The van der Waals surface area contributed by atoms with Crippen molar-refractivity contribution in [2.45, 2.75) is 37.9 Å². The molecule has 0 radical (unpaired) electrons. The highest BCUT2D eigenvalue weighted by atomic mass is 19.4. The molecule has 0 amide bonds. The SMILES string of the molecule is O=c1cc(C(F)(F)F)c2c([nH]1)CCCC2NCCCO. The average molecular weight is 290 g/mol. The lowest BCUT2D eigenvalue weighted by Gasteiger charge is -2.29. The number of pyridine rings is 1. The van der Waals surface area contributed by atoms with Crippen LogP contribution in [0.2, 0.25) is 0 Å². The van der Waals surface area contributed by atoms with Gasteiger partial charge in [0.25, 0.3) is 0 Å². The molecule has 112 valence electrons. The molecule has 0 saturated carbocycles. The van der Waals surface area contributed by atoms with Crippen LogP contribution in [0, 0.1) is 0 Å². The van der Waals surface area contributed by atoms with Crippen molar-refractivity contribution in [2.24, 2.45) is 0 Å². The Balaban J connectivity index is 2.40. The van der Waals surface area contributed by atoms with Gasteiger partial charge in [-0.3, -0.25) is 4.79 Å². The summed E-state index contributed by atoms with van der Waals surface area (Å²) in [6, 6.07) is 0.198. The number of aromatic amines is 1. The number of hydrogen-bond donors (Lipinski definition) is 3. The minimum Gasteiger partial charge on any atom is -0.396 e. The monoisotopic (exact) mass is 290 g/mol. The molecule has 4 nitrogen and oxygen atoms in total. The number of rotatable bonds is 4. The molecule has 0 fully saturated rings. The van der Waals surface area contributed by atoms with Gasteiger partial charge in [0.1, 0.15) is 0 Å². The van der Waals surface area contributed by atoms with Crippen molar-refractivity contribution < 1.29 is 18.3 Å². The van der Waals surface area contributed by atoms with Crippen LogP contribution in [0.1, 0.15) is 42.1 Å². The number of fused-ring (bicyclic) bond motifs is 1. The van der Waals surface area contributed by atoms with Gasteiger partial charge in [-0.05, 0) is 32.2 Å². The summed E-state index contributed by atoms with van der Waals surface area (Å²) >= 11 is 0. The Labute approximate surface area is 114 Å². The van der Waals surface area contributed by atoms with Crippen LogP contribution >= 0.6 is 0 Å². The van der Waals surface area contributed by atoms with Crippen LogP contribution in [0.5, 0.6) is 0 Å². The van der Waals surface area contributed by atoms with Crippen molar-refractivity contribution >= 4 is 0 Å². The van der Waals surface area contributed by atoms with Crippen LogP contribution in [0.4, 0.5) is 13.2 Å². The maximum absolute atomic E-state index is 13.1. The van der Waals surface area contributed by atoms with Gasteiger partial charge in [0.05, 0.1) is 5.56 Å². The summed E-state index contributed by atoms with van der Waals surface area (Å²) in [5.41, 5.74) is -1.04. The van der Waals surface area contributed by atoms with Crippen molar-refractivity contribution in [3.63, 3.8) is 0 Å². The number of aromatic nitrogens is 1. The first-order valence-corrected chi connectivity index (χ1v) is 6.61. The molecule has 1 unspecified atom stereocenters. The molecule has 0 aromatic carbocycles. The molecule has 1 aromatic rings. The largest absolute Gasteiger partial charge is 0.416 e. The van der Waals surface area contributed by atoms with Crippen LogP contribution in [0.15, 0.2) is 10.9 Å². The fourth-order valence-electron chi connectivity index (χ4n) is 2.64. The van der Waals surface area contributed by atoms with Gasteiger partial charge in [0.15, 0.2) is 0 Å². The molecule has 0 spiro atoms. The molecule has 1 heterocycles. The van der Waals surface area contributed by atoms with E-state index in [1.54, 1.807) is 0 Å². The molecule has 0 aliphatic heterocycles. The smallest absolute Gasteiger partial charge is 0.396 e. The van der Waals surface area contributed by atoms with Crippen LogP contribution < -0.4 is 10.9 Å². The van der Waals surface area contributed by atoms with Gasteiger partial charge in [-0.15, -0.1) is 0 Å². The average Bonchev–Trinajstić information content (AvgIpc) is 2.37. The van der Waals surface area contributed by atoms with Gasteiger partial charge in [0, 0.05) is 30.0 Å². The quantitative estimate of drug-likeness (QED) is 0.740. The lowest BCUT2D eigenvalue weighted by Crippen LogP contribution is -2.32. The molecule has 0 saturated heterocycles. The fourth-order valence-corrected chi connectivity index (χ4v) is 2.64. The predicted molar refractivity (Wildman–Crippen MR) is 67.4 cm³/mol. The number of hydrogen-bond acceptors (Lipinski definition) is 3. The number of alkyl halides is 3. The molecule has 0 bridgehead atoms. The first kappa shape index (κ1) is 15.1. The highest BCUT2D eigenvalue weighted by Gasteiger charge is 2.38. The van der Waals surface area contributed by atoms with E-state index in [-0.39, 0.29) is 12.2 Å². The number of aliphatic hydroxyl groups excluding tert-OH is 1. The molecule has 20 heavy (non-hydrogen) atoms. The van der Waals surface area contributed by atoms with E-state index in [2.05, 4.69) is 10.3 Å². The topological polar surface area (TPSA) is 65.1 Å². The van der Waals surface area contributed by atoms with Gasteiger partial charge in [0.2, 0.25) is 5.56 Å². The highest BCUT2D eigenvalue weighted by molar-refractivity contribution is 5.37. The van der Waals surface area contributed by atoms with E-state index in [0.29, 0.717) is 37.6 Å². The molecule has 1 aliphatic carbocycles. The standard InChI is InChI=1S/C13H17F3N2O2/c14-13(15,16)8-7-11(20)18-10-4-1-3-9(12(8)10)17-5-2-6-19/h7,9,17,19H,1-6H2,(H,18,20). The second-order valence-corrected chi connectivity index (χ2v) is 4.91. The Morgan fingerprint density at radius 1 is 1.45 bits per heavy atom. The highest BCUT2D eigenvalue weighted by Crippen LogP contribution is 2.38. The summed E-state index contributed by atoms with van der Waals surface area (Å²) in [7, 11) is 0. The van der Waals surface area contributed by atoms with E-state index in [9.17, 15) is 18.0 Å². The van der Waals surface area contributed by atoms with Gasteiger partial charge < -0.3 is 15.4 Å². The van der Waals surface area contributed by atoms with E-state index in [1.807, 2.05) is 0 Å². The summed E-state index contributed by atoms with van der Waals surface area (Å²) in [6.45, 7) is 0.432. The normalized spacial score (nSPS) is 18.9. The van der Waals surface area contributed by atoms with Crippen LogP contribution in [-0.2, 0) is 12.6 Å². The molecule has 7 heteroatoms. The van der Waals surface area contributed by atoms with Crippen molar-refractivity contribution in [3.05, 3.63) is 33.2 Å². The summed E-state index contributed by atoms with van der Waals surface area (Å²) < 4.78 is 39.3. The zero-order chi connectivity index (χ0) is 14.8. The first-order valence-electron chi connectivity index (χ1n) is 6.61. The number of H-pyrrole nitrogens is 1. The number of aliphatic hydroxyl groups is 1. The fraction of sp³-hybridized carbons (Fsp3) is 0.615. The molecular formula is C13H17F3N2O2. The second kappa shape index (κ2) is 5.97. The van der Waals surface area contributed by atoms with Crippen LogP contribution in [-0.4, -0.2) is 23.2 Å². The Bertz CT molecular complexity index is 525. The van der Waals surface area contributed by atoms with Crippen LogP contribution in [0.3, 0.4) is 0 Å². The predicted octanol–water partition coefficient (Wildman–Crippen LogP) is 1.74. The molecule has 3 N–H and O–H groups in total. The van der Waals surface area contributed by atoms with Gasteiger partial charge in [-0.1, -0.05) is 0 Å². The summed E-state index contributed by atoms with van der Waals surface area (Å²) in [4.78, 5) is 13.9. The summed E-state index contributed by atoms with van der Waals surface area (Å²) in [6.07, 6.45) is -2.29. The maximum atomic E-state index is 13.1. The molecule has 1 aliphatic rings. The minimum absolute atomic E-state index is 0.00960. The maximum Gasteiger partial charge on any atom is 0.416 e. The zero-order valence-electron chi connectivity index (χ0n) is 10.9. The third-order valence-corrected chi connectivity index (χ3v) is 3.46. The Morgan fingerprint density at radius 2 is 2.20 bits per heavy atom. The number of halogens is 3. The third kappa shape index (κ3) is 3.21. The van der Waals surface area contributed by atoms with Crippen molar-refractivity contribution in [2.75, 3.05) is 13.2 Å². The van der Waals surface area contributed by atoms with Gasteiger partial charge >= 0.3 is 6.18 Å². The second-order valence-electron chi connectivity index (χ2n) is 4.91. The van der Waals surface area contributed by atoms with Crippen molar-refractivity contribution in [1.29, 1.82) is 0 Å². The van der Waals surface area contributed by atoms with E-state index < -0.39 is 23.3 Å². The minimum atomic E-state index is -4.54. The summed E-state index contributed by atoms with van der Waals surface area (Å²) in [5.74, 6) is 0. The molecular weight excluding hydrogens is 273 g/mol. The zero-order valence-corrected chi connectivity index (χ0v) is 10.9. The van der Waals surface area contributed by atoms with Gasteiger partial charge in [-0.2, -0.15) is 13.2 Å². The van der Waals surface area contributed by atoms with E-state index in [4.69, 9.17) is 5.11 Å².